The maximum Gasteiger partial charge on any atom is 0.223 e. The van der Waals surface area contributed by atoms with Crippen LogP contribution in [0.25, 0.3) is 22.0 Å². The van der Waals surface area contributed by atoms with Gasteiger partial charge in [0.05, 0.1) is 5.69 Å². The molecule has 3 aromatic rings. The topological polar surface area (TPSA) is 58.1 Å². The smallest absolute Gasteiger partial charge is 0.223 e. The van der Waals surface area contributed by atoms with Gasteiger partial charge in [0.25, 0.3) is 0 Å². The zero-order valence-electron chi connectivity index (χ0n) is 14.1. The summed E-state index contributed by atoms with van der Waals surface area (Å²) in [4.78, 5) is 22.3. The number of benzene rings is 2. The Kier molecular flexibility index (Phi) is 4.06. The maximum absolute atomic E-state index is 11.5. The van der Waals surface area contributed by atoms with Crippen LogP contribution in [0.4, 0.5) is 5.95 Å². The summed E-state index contributed by atoms with van der Waals surface area (Å²) in [5, 5.41) is 5.77. The predicted molar refractivity (Wildman–Crippen MR) is 99.3 cm³/mol. The summed E-state index contributed by atoms with van der Waals surface area (Å²) >= 11 is 0. The van der Waals surface area contributed by atoms with E-state index in [2.05, 4.69) is 45.6 Å². The summed E-state index contributed by atoms with van der Waals surface area (Å²) in [6, 6.07) is 16.8. The van der Waals surface area contributed by atoms with Crippen LogP contribution in [0.3, 0.4) is 0 Å². The Labute approximate surface area is 146 Å². The molecule has 1 amide bonds. The first-order valence-corrected chi connectivity index (χ1v) is 8.53. The minimum atomic E-state index is 0.120. The maximum atomic E-state index is 11.5. The van der Waals surface area contributed by atoms with Crippen LogP contribution in [-0.4, -0.2) is 39.9 Å². The molecule has 1 aromatic heterocycles. The fraction of sp³-hybridized carbons (Fsp3) is 0.250. The van der Waals surface area contributed by atoms with Crippen LogP contribution in [0.5, 0.6) is 0 Å². The monoisotopic (exact) mass is 332 g/mol. The quantitative estimate of drug-likeness (QED) is 0.799. The van der Waals surface area contributed by atoms with Gasteiger partial charge in [0.2, 0.25) is 11.9 Å². The molecule has 0 unspecified atom stereocenters. The van der Waals surface area contributed by atoms with Gasteiger partial charge in [-0.25, -0.2) is 9.97 Å². The van der Waals surface area contributed by atoms with Crippen molar-refractivity contribution in [3.63, 3.8) is 0 Å². The highest BCUT2D eigenvalue weighted by molar-refractivity contribution is 5.86. The molecular formula is C20H20N4O. The average Bonchev–Trinajstić information content (AvgIpc) is 3.10. The van der Waals surface area contributed by atoms with E-state index in [0.29, 0.717) is 12.5 Å². The number of likely N-dealkylation sites (tertiary alicyclic amines) is 1. The molecule has 25 heavy (non-hydrogen) atoms. The Bertz CT molecular complexity index is 924. The van der Waals surface area contributed by atoms with Gasteiger partial charge in [-0.3, -0.25) is 4.79 Å². The minimum Gasteiger partial charge on any atom is -0.350 e. The summed E-state index contributed by atoms with van der Waals surface area (Å²) in [5.41, 5.74) is 1.96. The number of aromatic nitrogens is 2. The molecule has 0 aliphatic carbocycles. The summed E-state index contributed by atoms with van der Waals surface area (Å²) in [6.45, 7) is 3.11. The molecule has 5 nitrogen and oxygen atoms in total. The van der Waals surface area contributed by atoms with Crippen molar-refractivity contribution < 1.29 is 4.79 Å². The van der Waals surface area contributed by atoms with E-state index >= 15 is 0 Å². The van der Waals surface area contributed by atoms with Crippen LogP contribution in [-0.2, 0) is 4.79 Å². The number of hydrogen-bond acceptors (Lipinski definition) is 4. The van der Waals surface area contributed by atoms with Crippen molar-refractivity contribution >= 4 is 22.6 Å². The minimum absolute atomic E-state index is 0.120. The lowest BCUT2D eigenvalue weighted by Gasteiger charge is -2.15. The largest absolute Gasteiger partial charge is 0.350 e. The van der Waals surface area contributed by atoms with Gasteiger partial charge in [-0.05, 0) is 29.3 Å². The highest BCUT2D eigenvalue weighted by Crippen LogP contribution is 2.24. The fourth-order valence-corrected chi connectivity index (χ4v) is 3.28. The molecule has 1 fully saturated rings. The SMILES string of the molecule is CC(=O)N1CC[C@@H](Nc2nccc(-c3ccc4ccccc4c3)n2)C1. The Morgan fingerprint density at radius 3 is 2.80 bits per heavy atom. The van der Waals surface area contributed by atoms with Crippen LogP contribution in [0.1, 0.15) is 13.3 Å². The predicted octanol–water partition coefficient (Wildman–Crippen LogP) is 3.33. The van der Waals surface area contributed by atoms with Crippen molar-refractivity contribution in [2.75, 3.05) is 18.4 Å². The standard InChI is InChI=1S/C20H20N4O/c1-14(25)24-11-9-18(13-24)22-20-21-10-8-19(23-20)17-7-6-15-4-2-3-5-16(15)12-17/h2-8,10,12,18H,9,11,13H2,1H3,(H,21,22,23)/t18-/m1/s1. The van der Waals surface area contributed by atoms with E-state index in [1.165, 1.54) is 10.8 Å². The molecular weight excluding hydrogens is 312 g/mol. The van der Waals surface area contributed by atoms with Gasteiger partial charge in [0.15, 0.2) is 0 Å². The van der Waals surface area contributed by atoms with Crippen LogP contribution in [0.2, 0.25) is 0 Å². The van der Waals surface area contributed by atoms with Crippen molar-refractivity contribution in [2.45, 2.75) is 19.4 Å². The first kappa shape index (κ1) is 15.6. The van der Waals surface area contributed by atoms with Crippen molar-refractivity contribution in [1.29, 1.82) is 0 Å². The van der Waals surface area contributed by atoms with Gasteiger partial charge in [0, 0.05) is 37.8 Å². The van der Waals surface area contributed by atoms with Gasteiger partial charge in [0.1, 0.15) is 0 Å². The third kappa shape index (κ3) is 3.31. The lowest BCUT2D eigenvalue weighted by molar-refractivity contribution is -0.127. The molecule has 0 bridgehead atoms. The molecule has 1 atom stereocenters. The molecule has 2 heterocycles. The number of anilines is 1. The first-order valence-electron chi connectivity index (χ1n) is 8.53. The van der Waals surface area contributed by atoms with Gasteiger partial charge in [-0.2, -0.15) is 0 Å². The van der Waals surface area contributed by atoms with E-state index in [4.69, 9.17) is 0 Å². The molecule has 1 saturated heterocycles. The van der Waals surface area contributed by atoms with Crippen LogP contribution in [0.15, 0.2) is 54.7 Å². The van der Waals surface area contributed by atoms with E-state index in [0.717, 1.165) is 24.2 Å². The van der Waals surface area contributed by atoms with Crippen LogP contribution in [0, 0.1) is 0 Å². The normalized spacial score (nSPS) is 17.0. The van der Waals surface area contributed by atoms with Crippen LogP contribution < -0.4 is 5.32 Å². The third-order valence-electron chi connectivity index (χ3n) is 4.67. The number of rotatable bonds is 3. The zero-order chi connectivity index (χ0) is 17.2. The van der Waals surface area contributed by atoms with E-state index in [1.54, 1.807) is 13.1 Å². The number of amides is 1. The van der Waals surface area contributed by atoms with Crippen LogP contribution >= 0.6 is 0 Å². The molecule has 4 rings (SSSR count). The molecule has 1 N–H and O–H groups in total. The highest BCUT2D eigenvalue weighted by atomic mass is 16.2. The number of nitrogens with zero attached hydrogens (tertiary/aromatic N) is 3. The summed E-state index contributed by atoms with van der Waals surface area (Å²) in [5.74, 6) is 0.733. The zero-order valence-corrected chi connectivity index (χ0v) is 14.1. The number of carbonyl (C=O) groups is 1. The van der Waals surface area contributed by atoms with E-state index in [-0.39, 0.29) is 11.9 Å². The van der Waals surface area contributed by atoms with Gasteiger partial charge in [-0.1, -0.05) is 36.4 Å². The van der Waals surface area contributed by atoms with Crippen molar-refractivity contribution in [2.24, 2.45) is 0 Å². The lowest BCUT2D eigenvalue weighted by Crippen LogP contribution is -2.30. The Hall–Kier alpha value is -2.95. The Balaban J connectivity index is 1.55. The van der Waals surface area contributed by atoms with Gasteiger partial charge >= 0.3 is 0 Å². The first-order chi connectivity index (χ1) is 12.2. The number of hydrogen-bond donors (Lipinski definition) is 1. The van der Waals surface area contributed by atoms with Gasteiger partial charge in [-0.15, -0.1) is 0 Å². The summed E-state index contributed by atoms with van der Waals surface area (Å²) in [6.07, 6.45) is 2.70. The Morgan fingerprint density at radius 1 is 1.16 bits per heavy atom. The molecule has 126 valence electrons. The molecule has 5 heteroatoms. The fourth-order valence-electron chi connectivity index (χ4n) is 3.28. The molecule has 1 aliphatic rings. The molecule has 2 aromatic carbocycles. The number of fused-ring (bicyclic) bond motifs is 1. The summed E-state index contributed by atoms with van der Waals surface area (Å²) in [7, 11) is 0. The highest BCUT2D eigenvalue weighted by Gasteiger charge is 2.24. The second-order valence-corrected chi connectivity index (χ2v) is 6.42. The third-order valence-corrected chi connectivity index (χ3v) is 4.67. The van der Waals surface area contributed by atoms with E-state index in [1.807, 2.05) is 23.1 Å². The second kappa shape index (κ2) is 6.51. The molecule has 0 saturated carbocycles. The molecule has 0 radical (unpaired) electrons. The number of nitrogens with one attached hydrogen (secondary N) is 1. The molecule has 0 spiro atoms. The van der Waals surface area contributed by atoms with Crippen molar-refractivity contribution in [3.8, 4) is 11.3 Å². The van der Waals surface area contributed by atoms with E-state index in [9.17, 15) is 4.79 Å². The van der Waals surface area contributed by atoms with Crippen molar-refractivity contribution in [3.05, 3.63) is 54.7 Å². The molecule has 1 aliphatic heterocycles. The number of carbonyl (C=O) groups excluding carboxylic acids is 1. The Morgan fingerprint density at radius 2 is 2.00 bits per heavy atom. The van der Waals surface area contributed by atoms with E-state index < -0.39 is 0 Å². The lowest BCUT2D eigenvalue weighted by atomic mass is 10.1. The average molecular weight is 332 g/mol. The van der Waals surface area contributed by atoms with Crippen molar-refractivity contribution in [1.82, 2.24) is 14.9 Å². The van der Waals surface area contributed by atoms with Gasteiger partial charge < -0.3 is 10.2 Å². The second-order valence-electron chi connectivity index (χ2n) is 6.42. The summed E-state index contributed by atoms with van der Waals surface area (Å²) < 4.78 is 0.